The van der Waals surface area contributed by atoms with E-state index in [0.717, 1.165) is 40.0 Å². The van der Waals surface area contributed by atoms with Crippen LogP contribution in [0.4, 0.5) is 5.69 Å². The summed E-state index contributed by atoms with van der Waals surface area (Å²) in [6.07, 6.45) is 1.70. The summed E-state index contributed by atoms with van der Waals surface area (Å²) in [4.78, 5) is 4.50. The molecule has 3 nitrogen and oxygen atoms in total. The summed E-state index contributed by atoms with van der Waals surface area (Å²) >= 11 is 15.7. The van der Waals surface area contributed by atoms with Gasteiger partial charge in [0.25, 0.3) is 0 Å². The summed E-state index contributed by atoms with van der Waals surface area (Å²) in [6.45, 7) is 2.73. The van der Waals surface area contributed by atoms with Crippen LogP contribution in [0, 0.1) is 0 Å². The molecule has 0 spiro atoms. The molecular formula is C20H22BrCl2N3. The third-order valence-electron chi connectivity index (χ3n) is 4.00. The van der Waals surface area contributed by atoms with Crippen LogP contribution >= 0.6 is 39.1 Å². The van der Waals surface area contributed by atoms with E-state index in [1.807, 2.05) is 18.2 Å². The van der Waals surface area contributed by atoms with Crippen LogP contribution in [-0.2, 0) is 0 Å². The van der Waals surface area contributed by atoms with E-state index >= 15 is 0 Å². The molecule has 0 aliphatic rings. The first-order chi connectivity index (χ1) is 12.5. The molecule has 0 amide bonds. The van der Waals surface area contributed by atoms with E-state index in [-0.39, 0.29) is 0 Å². The molecule has 3 N–H and O–H groups in total. The van der Waals surface area contributed by atoms with Crippen LogP contribution in [0.25, 0.3) is 5.57 Å². The van der Waals surface area contributed by atoms with E-state index in [2.05, 4.69) is 45.3 Å². The first-order valence-corrected chi connectivity index (χ1v) is 9.92. The number of nitrogens with two attached hydrogens (primary N) is 1. The van der Waals surface area contributed by atoms with Crippen LogP contribution in [0.1, 0.15) is 25.3 Å². The van der Waals surface area contributed by atoms with Crippen molar-refractivity contribution in [3.8, 4) is 0 Å². The lowest BCUT2D eigenvalue weighted by atomic mass is 9.94. The van der Waals surface area contributed by atoms with Crippen LogP contribution in [0.15, 0.2) is 57.5 Å². The molecule has 0 fully saturated rings. The Morgan fingerprint density at radius 3 is 2.35 bits per heavy atom. The Morgan fingerprint density at radius 1 is 1.12 bits per heavy atom. The predicted molar refractivity (Wildman–Crippen MR) is 118 cm³/mol. The molecule has 0 saturated carbocycles. The highest BCUT2D eigenvalue weighted by Crippen LogP contribution is 2.29. The third-order valence-corrected chi connectivity index (χ3v) is 5.27. The van der Waals surface area contributed by atoms with E-state index in [1.165, 1.54) is 5.57 Å². The lowest BCUT2D eigenvalue weighted by Gasteiger charge is -2.19. The number of nitrogens with one attached hydrogen (secondary N) is 1. The minimum Gasteiger partial charge on any atom is -0.340 e. The number of aliphatic imine (C=N–C) groups is 1. The number of rotatable bonds is 6. The average molecular weight is 455 g/mol. The number of nitrogens with zero attached hydrogens (tertiary/aromatic N) is 1. The van der Waals surface area contributed by atoms with Crippen molar-refractivity contribution in [2.75, 3.05) is 18.9 Å². The van der Waals surface area contributed by atoms with E-state index in [1.54, 1.807) is 19.2 Å². The number of hydrogen-bond donors (Lipinski definition) is 2. The predicted octanol–water partition coefficient (Wildman–Crippen LogP) is 6.41. The molecule has 0 unspecified atom stereocenters. The Hall–Kier alpha value is -1.33. The van der Waals surface area contributed by atoms with Gasteiger partial charge >= 0.3 is 0 Å². The standard InChI is InChI=1S/C20H22BrCl2N3/c1-3-13(10-11-24)19(14-4-6-15(21)7-5-14)20(25-2)26-16-8-9-17(22)18(23)12-16/h4-9,12H,3,10-11,24H2,1-2H3,(H,25,26)/b19-13+. The number of amidine groups is 1. The van der Waals surface area contributed by atoms with Crippen molar-refractivity contribution in [2.45, 2.75) is 19.8 Å². The van der Waals surface area contributed by atoms with Gasteiger partial charge in [-0.25, -0.2) is 0 Å². The SMILES string of the molecule is CC/C(CCN)=C(\C(=NC)Nc1ccc(Cl)c(Cl)c1)c1ccc(Br)cc1. The smallest absolute Gasteiger partial charge is 0.133 e. The Kier molecular flexibility index (Phi) is 8.16. The molecule has 0 aliphatic carbocycles. The summed E-state index contributed by atoms with van der Waals surface area (Å²) in [5, 5.41) is 4.40. The summed E-state index contributed by atoms with van der Waals surface area (Å²) < 4.78 is 1.03. The molecule has 138 valence electrons. The summed E-state index contributed by atoms with van der Waals surface area (Å²) in [5.41, 5.74) is 10.1. The Labute approximate surface area is 173 Å². The highest BCUT2D eigenvalue weighted by atomic mass is 79.9. The third kappa shape index (κ3) is 5.34. The second-order valence-corrected chi connectivity index (χ2v) is 7.43. The number of hydrogen-bond acceptors (Lipinski definition) is 2. The summed E-state index contributed by atoms with van der Waals surface area (Å²) in [7, 11) is 1.77. The quantitative estimate of drug-likeness (QED) is 0.391. The van der Waals surface area contributed by atoms with E-state index in [4.69, 9.17) is 28.9 Å². The molecule has 26 heavy (non-hydrogen) atoms. The largest absolute Gasteiger partial charge is 0.340 e. The van der Waals surface area contributed by atoms with Crippen molar-refractivity contribution < 1.29 is 0 Å². The molecule has 0 atom stereocenters. The molecule has 0 aliphatic heterocycles. The van der Waals surface area contributed by atoms with Gasteiger partial charge in [-0.2, -0.15) is 0 Å². The van der Waals surface area contributed by atoms with Crippen molar-refractivity contribution in [1.82, 2.24) is 0 Å². The topological polar surface area (TPSA) is 50.4 Å². The highest BCUT2D eigenvalue weighted by molar-refractivity contribution is 9.10. The van der Waals surface area contributed by atoms with Gasteiger partial charge in [-0.3, -0.25) is 4.99 Å². The summed E-state index contributed by atoms with van der Waals surface area (Å²) in [6, 6.07) is 13.6. The van der Waals surface area contributed by atoms with E-state index in [0.29, 0.717) is 16.6 Å². The second kappa shape index (κ2) is 10.1. The minimum absolute atomic E-state index is 0.499. The van der Waals surface area contributed by atoms with Gasteiger partial charge in [-0.1, -0.05) is 63.8 Å². The van der Waals surface area contributed by atoms with Crippen LogP contribution in [0.5, 0.6) is 0 Å². The molecule has 0 bridgehead atoms. The normalized spacial score (nSPS) is 12.8. The number of benzene rings is 2. The lowest BCUT2D eigenvalue weighted by molar-refractivity contribution is 0.899. The fourth-order valence-corrected chi connectivity index (χ4v) is 3.28. The van der Waals surface area contributed by atoms with Crippen LogP contribution in [0.3, 0.4) is 0 Å². The fraction of sp³-hybridized carbons (Fsp3) is 0.250. The lowest BCUT2D eigenvalue weighted by Crippen LogP contribution is -2.17. The monoisotopic (exact) mass is 453 g/mol. The van der Waals surface area contributed by atoms with Gasteiger partial charge in [0, 0.05) is 22.8 Å². The van der Waals surface area contributed by atoms with Gasteiger partial charge in [0.1, 0.15) is 5.84 Å². The second-order valence-electron chi connectivity index (χ2n) is 5.70. The van der Waals surface area contributed by atoms with Crippen LogP contribution in [0.2, 0.25) is 10.0 Å². The van der Waals surface area contributed by atoms with Gasteiger partial charge in [-0.05, 0) is 55.3 Å². The molecule has 6 heteroatoms. The zero-order valence-corrected chi connectivity index (χ0v) is 17.9. The zero-order valence-electron chi connectivity index (χ0n) is 14.8. The number of anilines is 1. The highest BCUT2D eigenvalue weighted by Gasteiger charge is 2.15. The Balaban J connectivity index is 2.50. The van der Waals surface area contributed by atoms with Crippen molar-refractivity contribution in [1.29, 1.82) is 0 Å². The van der Waals surface area contributed by atoms with Gasteiger partial charge in [0.15, 0.2) is 0 Å². The molecule has 0 radical (unpaired) electrons. The minimum atomic E-state index is 0.499. The molecule has 0 aromatic heterocycles. The van der Waals surface area contributed by atoms with Crippen LogP contribution in [-0.4, -0.2) is 19.4 Å². The van der Waals surface area contributed by atoms with Gasteiger partial charge in [0.05, 0.1) is 10.0 Å². The van der Waals surface area contributed by atoms with Crippen molar-refractivity contribution in [2.24, 2.45) is 10.7 Å². The average Bonchev–Trinajstić information content (AvgIpc) is 2.64. The molecule has 2 aromatic carbocycles. The zero-order chi connectivity index (χ0) is 19.1. The number of halogens is 3. The van der Waals surface area contributed by atoms with Gasteiger partial charge in [0.2, 0.25) is 0 Å². The van der Waals surface area contributed by atoms with Gasteiger partial charge in [-0.15, -0.1) is 0 Å². The fourth-order valence-electron chi connectivity index (χ4n) is 2.72. The molecular weight excluding hydrogens is 433 g/mol. The first kappa shape index (κ1) is 21.0. The molecule has 0 heterocycles. The first-order valence-electron chi connectivity index (χ1n) is 8.37. The van der Waals surface area contributed by atoms with E-state index in [9.17, 15) is 0 Å². The van der Waals surface area contributed by atoms with Crippen molar-refractivity contribution >= 4 is 56.2 Å². The molecule has 0 saturated heterocycles. The Bertz CT molecular complexity index is 814. The molecule has 2 rings (SSSR count). The summed E-state index contributed by atoms with van der Waals surface area (Å²) in [5.74, 6) is 0.774. The van der Waals surface area contributed by atoms with Gasteiger partial charge < -0.3 is 11.1 Å². The molecule has 2 aromatic rings. The maximum absolute atomic E-state index is 6.15. The van der Waals surface area contributed by atoms with E-state index < -0.39 is 0 Å². The van der Waals surface area contributed by atoms with Crippen molar-refractivity contribution in [3.05, 3.63) is 68.1 Å². The van der Waals surface area contributed by atoms with Crippen molar-refractivity contribution in [3.63, 3.8) is 0 Å². The van der Waals surface area contributed by atoms with Crippen LogP contribution < -0.4 is 11.1 Å². The maximum atomic E-state index is 6.15. The Morgan fingerprint density at radius 2 is 1.81 bits per heavy atom. The maximum Gasteiger partial charge on any atom is 0.133 e.